The molecule has 16 heavy (non-hydrogen) atoms. The van der Waals surface area contributed by atoms with E-state index in [0.29, 0.717) is 12.1 Å². The van der Waals surface area contributed by atoms with Crippen molar-refractivity contribution in [2.24, 2.45) is 0 Å². The van der Waals surface area contributed by atoms with Gasteiger partial charge in [-0.1, -0.05) is 19.3 Å². The van der Waals surface area contributed by atoms with Crippen molar-refractivity contribution in [1.29, 1.82) is 0 Å². The van der Waals surface area contributed by atoms with Crippen LogP contribution < -0.4 is 16.0 Å². The molecule has 4 nitrogen and oxygen atoms in total. The molecule has 2 amide bonds. The van der Waals surface area contributed by atoms with Crippen LogP contribution in [0.3, 0.4) is 0 Å². The van der Waals surface area contributed by atoms with E-state index in [1.165, 1.54) is 25.7 Å². The zero-order valence-corrected chi connectivity index (χ0v) is 9.93. The van der Waals surface area contributed by atoms with Gasteiger partial charge < -0.3 is 16.0 Å². The zero-order chi connectivity index (χ0) is 11.2. The van der Waals surface area contributed by atoms with Crippen LogP contribution in [0, 0.1) is 0 Å². The van der Waals surface area contributed by atoms with E-state index in [0.717, 1.165) is 32.4 Å². The SMILES string of the molecule is O=C(NC1CCCC1)NC1CCCCNC1. The second-order valence-corrected chi connectivity index (χ2v) is 5.00. The molecule has 3 N–H and O–H groups in total. The third-order valence-corrected chi connectivity index (χ3v) is 3.57. The van der Waals surface area contributed by atoms with Gasteiger partial charge in [0.15, 0.2) is 0 Å². The van der Waals surface area contributed by atoms with Crippen molar-refractivity contribution >= 4 is 6.03 Å². The fraction of sp³-hybridized carbons (Fsp3) is 0.917. The van der Waals surface area contributed by atoms with Gasteiger partial charge in [0, 0.05) is 18.6 Å². The van der Waals surface area contributed by atoms with E-state index in [1.54, 1.807) is 0 Å². The summed E-state index contributed by atoms with van der Waals surface area (Å²) < 4.78 is 0. The van der Waals surface area contributed by atoms with E-state index in [2.05, 4.69) is 16.0 Å². The average Bonchev–Trinajstić information content (AvgIpc) is 2.62. The van der Waals surface area contributed by atoms with Crippen molar-refractivity contribution < 1.29 is 4.79 Å². The van der Waals surface area contributed by atoms with Gasteiger partial charge in [-0.25, -0.2) is 4.79 Å². The Hall–Kier alpha value is -0.770. The lowest BCUT2D eigenvalue weighted by Crippen LogP contribution is -2.48. The molecule has 0 spiro atoms. The summed E-state index contributed by atoms with van der Waals surface area (Å²) in [5, 5.41) is 9.50. The summed E-state index contributed by atoms with van der Waals surface area (Å²) in [6, 6.07) is 0.753. The molecule has 1 atom stereocenters. The number of nitrogens with one attached hydrogen (secondary N) is 3. The number of carbonyl (C=O) groups is 1. The number of rotatable bonds is 2. The summed E-state index contributed by atoms with van der Waals surface area (Å²) in [5.41, 5.74) is 0. The smallest absolute Gasteiger partial charge is 0.315 e. The largest absolute Gasteiger partial charge is 0.335 e. The summed E-state index contributed by atoms with van der Waals surface area (Å²) in [5.74, 6) is 0. The first-order valence-electron chi connectivity index (χ1n) is 6.62. The summed E-state index contributed by atoms with van der Waals surface area (Å²) in [4.78, 5) is 11.7. The highest BCUT2D eigenvalue weighted by atomic mass is 16.2. The van der Waals surface area contributed by atoms with Crippen LogP contribution in [0.2, 0.25) is 0 Å². The molecule has 0 aromatic rings. The minimum absolute atomic E-state index is 0.0283. The Morgan fingerprint density at radius 3 is 2.38 bits per heavy atom. The van der Waals surface area contributed by atoms with Gasteiger partial charge in [0.05, 0.1) is 0 Å². The maximum atomic E-state index is 11.7. The second-order valence-electron chi connectivity index (χ2n) is 5.00. The Morgan fingerprint density at radius 1 is 0.938 bits per heavy atom. The van der Waals surface area contributed by atoms with E-state index < -0.39 is 0 Å². The third-order valence-electron chi connectivity index (χ3n) is 3.57. The van der Waals surface area contributed by atoms with Crippen LogP contribution in [0.5, 0.6) is 0 Å². The first-order valence-corrected chi connectivity index (χ1v) is 6.62. The van der Waals surface area contributed by atoms with Crippen molar-refractivity contribution in [2.75, 3.05) is 13.1 Å². The fourth-order valence-corrected chi connectivity index (χ4v) is 2.62. The molecule has 92 valence electrons. The third kappa shape index (κ3) is 3.67. The molecule has 1 unspecified atom stereocenters. The van der Waals surface area contributed by atoms with E-state index in [9.17, 15) is 4.79 Å². The summed E-state index contributed by atoms with van der Waals surface area (Å²) in [7, 11) is 0. The quantitative estimate of drug-likeness (QED) is 0.665. The second kappa shape index (κ2) is 6.09. The molecular weight excluding hydrogens is 202 g/mol. The Balaban J connectivity index is 1.68. The Bertz CT molecular complexity index is 218. The Kier molecular flexibility index (Phi) is 4.45. The summed E-state index contributed by atoms with van der Waals surface area (Å²) in [6.45, 7) is 2.00. The predicted octanol–water partition coefficient (Wildman–Crippen LogP) is 1.37. The van der Waals surface area contributed by atoms with Gasteiger partial charge >= 0.3 is 6.03 Å². The standard InChI is InChI=1S/C12H23N3O/c16-12(14-10-5-1-2-6-10)15-11-7-3-4-8-13-9-11/h10-11,13H,1-9H2,(H2,14,15,16). The number of hydrogen-bond acceptors (Lipinski definition) is 2. The first-order chi connectivity index (χ1) is 7.84. The summed E-state index contributed by atoms with van der Waals surface area (Å²) >= 11 is 0. The molecule has 1 heterocycles. The highest BCUT2D eigenvalue weighted by molar-refractivity contribution is 5.74. The normalized spacial score (nSPS) is 27.4. The van der Waals surface area contributed by atoms with Gasteiger partial charge in [-0.3, -0.25) is 0 Å². The molecule has 0 aromatic heterocycles. The van der Waals surface area contributed by atoms with Gasteiger partial charge in [0.1, 0.15) is 0 Å². The van der Waals surface area contributed by atoms with Crippen molar-refractivity contribution in [3.05, 3.63) is 0 Å². The van der Waals surface area contributed by atoms with Gasteiger partial charge in [-0.15, -0.1) is 0 Å². The average molecular weight is 225 g/mol. The van der Waals surface area contributed by atoms with Crippen LogP contribution in [0.15, 0.2) is 0 Å². The van der Waals surface area contributed by atoms with Crippen molar-refractivity contribution in [3.63, 3.8) is 0 Å². The Labute approximate surface area is 97.6 Å². The van der Waals surface area contributed by atoms with Gasteiger partial charge in [0.2, 0.25) is 0 Å². The molecule has 2 aliphatic rings. The molecule has 1 saturated carbocycles. The monoisotopic (exact) mass is 225 g/mol. The molecule has 1 aliphatic carbocycles. The number of amides is 2. The lowest BCUT2D eigenvalue weighted by atomic mass is 10.1. The number of carbonyl (C=O) groups excluding carboxylic acids is 1. The molecule has 0 radical (unpaired) electrons. The maximum absolute atomic E-state index is 11.7. The van der Waals surface area contributed by atoms with Crippen LogP contribution in [-0.2, 0) is 0 Å². The molecule has 2 fully saturated rings. The Morgan fingerprint density at radius 2 is 1.56 bits per heavy atom. The predicted molar refractivity (Wildman–Crippen MR) is 64.4 cm³/mol. The van der Waals surface area contributed by atoms with Crippen LogP contribution in [0.1, 0.15) is 44.9 Å². The molecule has 4 heteroatoms. The molecule has 2 rings (SSSR count). The molecule has 1 saturated heterocycles. The highest BCUT2D eigenvalue weighted by Gasteiger charge is 2.19. The minimum Gasteiger partial charge on any atom is -0.335 e. The summed E-state index contributed by atoms with van der Waals surface area (Å²) in [6.07, 6.45) is 8.35. The first kappa shape index (κ1) is 11.7. The van der Waals surface area contributed by atoms with Gasteiger partial charge in [0.25, 0.3) is 0 Å². The van der Waals surface area contributed by atoms with Crippen molar-refractivity contribution in [2.45, 2.75) is 57.0 Å². The lowest BCUT2D eigenvalue weighted by molar-refractivity contribution is 0.232. The molecule has 0 bridgehead atoms. The fourth-order valence-electron chi connectivity index (χ4n) is 2.62. The van der Waals surface area contributed by atoms with E-state index in [1.807, 2.05) is 0 Å². The van der Waals surface area contributed by atoms with Crippen molar-refractivity contribution in [3.8, 4) is 0 Å². The van der Waals surface area contributed by atoms with Crippen LogP contribution in [-0.4, -0.2) is 31.2 Å². The lowest BCUT2D eigenvalue weighted by Gasteiger charge is -2.19. The molecule has 0 aromatic carbocycles. The van der Waals surface area contributed by atoms with E-state index in [-0.39, 0.29) is 6.03 Å². The molecule has 1 aliphatic heterocycles. The van der Waals surface area contributed by atoms with Gasteiger partial charge in [-0.2, -0.15) is 0 Å². The minimum atomic E-state index is 0.0283. The van der Waals surface area contributed by atoms with Crippen LogP contribution in [0.4, 0.5) is 4.79 Å². The zero-order valence-electron chi connectivity index (χ0n) is 9.93. The highest BCUT2D eigenvalue weighted by Crippen LogP contribution is 2.17. The van der Waals surface area contributed by atoms with Crippen molar-refractivity contribution in [1.82, 2.24) is 16.0 Å². The molecular formula is C12H23N3O. The topological polar surface area (TPSA) is 53.2 Å². The van der Waals surface area contributed by atoms with E-state index >= 15 is 0 Å². The van der Waals surface area contributed by atoms with Crippen LogP contribution in [0.25, 0.3) is 0 Å². The number of urea groups is 1. The van der Waals surface area contributed by atoms with E-state index in [4.69, 9.17) is 0 Å². The van der Waals surface area contributed by atoms with Gasteiger partial charge in [-0.05, 0) is 32.2 Å². The maximum Gasteiger partial charge on any atom is 0.315 e. The number of hydrogen-bond donors (Lipinski definition) is 3. The van der Waals surface area contributed by atoms with Crippen LogP contribution >= 0.6 is 0 Å².